The quantitative estimate of drug-likeness (QED) is 0.0384. The van der Waals surface area contributed by atoms with Crippen LogP contribution in [0.2, 0.25) is 12.6 Å². The molecule has 0 saturated carbocycles. The minimum Gasteiger partial charge on any atom is -0.497 e. The molecule has 1 aromatic heterocycles. The third-order valence-electron chi connectivity index (χ3n) is 13.7. The normalized spacial score (nSPS) is 22.9. The molecule has 68 heavy (non-hydrogen) atoms. The fraction of sp³-hybridized carbons (Fsp3) is 0.358. The molecule has 9 rings (SSSR count). The smallest absolute Gasteiger partial charge is 0.330 e. The highest BCUT2D eigenvalue weighted by atomic mass is 31.2. The van der Waals surface area contributed by atoms with Crippen LogP contribution in [-0.4, -0.2) is 100 Å². The first-order valence-electron chi connectivity index (χ1n) is 23.2. The van der Waals surface area contributed by atoms with Crippen molar-refractivity contribution in [3.8, 4) is 11.5 Å². The average Bonchev–Trinajstić information content (AvgIpc) is 4.09. The molecule has 3 fully saturated rings. The molecule has 5 aromatic carbocycles. The van der Waals surface area contributed by atoms with Crippen LogP contribution in [0.1, 0.15) is 41.3 Å². The molecule has 4 heterocycles. The molecule has 0 unspecified atom stereocenters. The number of nitrogens with one attached hydrogen (secondary N) is 1. The van der Waals surface area contributed by atoms with Crippen molar-refractivity contribution in [3.05, 3.63) is 189 Å². The van der Waals surface area contributed by atoms with Crippen LogP contribution >= 0.6 is 8.53 Å². The molecule has 15 heteroatoms. The molecule has 356 valence electrons. The second-order valence-electron chi connectivity index (χ2n) is 17.8. The predicted molar refractivity (Wildman–Crippen MR) is 265 cm³/mol. The first-order chi connectivity index (χ1) is 33.2. The number of aryl methyl sites for hydroxylation is 1. The molecule has 6 aromatic rings. The zero-order valence-electron chi connectivity index (χ0n) is 39.2. The SMILES string of the molecule is COCCO[C@@H]1[C@H](O[P@@]2O[C@@H](C[Si](C)(c3ccccc3)c3ccccc3)[C@H]3CCCN32)[C@@H](COC(c2ccccc2)(c2ccc(OC)cc2)c2ccc(OC)cc2)O[C@H]1n1cc(C)c(=O)[nH]c1=O. The van der Waals surface area contributed by atoms with Crippen LogP contribution in [0.25, 0.3) is 0 Å². The fourth-order valence-electron chi connectivity index (χ4n) is 10.1. The van der Waals surface area contributed by atoms with E-state index in [0.717, 1.165) is 42.1 Å². The van der Waals surface area contributed by atoms with Crippen molar-refractivity contribution in [3.63, 3.8) is 0 Å². The third kappa shape index (κ3) is 9.54. The Kier molecular flexibility index (Phi) is 14.9. The van der Waals surface area contributed by atoms with Gasteiger partial charge in [0, 0.05) is 31.5 Å². The van der Waals surface area contributed by atoms with Crippen molar-refractivity contribution in [2.24, 2.45) is 0 Å². The summed E-state index contributed by atoms with van der Waals surface area (Å²) < 4.78 is 56.3. The van der Waals surface area contributed by atoms with Crippen LogP contribution in [0.15, 0.2) is 155 Å². The van der Waals surface area contributed by atoms with Gasteiger partial charge in [0.25, 0.3) is 14.1 Å². The van der Waals surface area contributed by atoms with E-state index in [1.54, 1.807) is 28.3 Å². The summed E-state index contributed by atoms with van der Waals surface area (Å²) in [7, 11) is 0.916. The van der Waals surface area contributed by atoms with E-state index in [2.05, 4.69) is 76.9 Å². The maximum absolute atomic E-state index is 13.8. The monoisotopic (exact) mass is 957 g/mol. The zero-order chi connectivity index (χ0) is 47.3. The number of hydrogen-bond donors (Lipinski definition) is 1. The van der Waals surface area contributed by atoms with Crippen molar-refractivity contribution in [2.45, 2.75) is 74.6 Å². The van der Waals surface area contributed by atoms with E-state index < -0.39 is 58.0 Å². The van der Waals surface area contributed by atoms with Crippen LogP contribution in [0, 0.1) is 6.92 Å². The van der Waals surface area contributed by atoms with Crippen LogP contribution in [0.4, 0.5) is 0 Å². The Balaban J connectivity index is 1.12. The Labute approximate surface area is 399 Å². The number of nitrogens with zero attached hydrogens (tertiary/aromatic N) is 2. The Bertz CT molecular complexity index is 2610. The summed E-state index contributed by atoms with van der Waals surface area (Å²) in [5.74, 6) is 1.40. The van der Waals surface area contributed by atoms with Gasteiger partial charge in [0.1, 0.15) is 43.5 Å². The predicted octanol–water partition coefficient (Wildman–Crippen LogP) is 7.17. The molecule has 0 amide bonds. The van der Waals surface area contributed by atoms with Gasteiger partial charge in [0.05, 0.1) is 40.1 Å². The Morgan fingerprint density at radius 1 is 0.735 bits per heavy atom. The summed E-state index contributed by atoms with van der Waals surface area (Å²) in [5, 5.41) is 2.70. The average molecular weight is 958 g/mol. The van der Waals surface area contributed by atoms with Gasteiger partial charge in [-0.05, 0) is 66.8 Å². The number of aromatic amines is 1. The summed E-state index contributed by atoms with van der Waals surface area (Å²) >= 11 is 0. The molecule has 0 radical (unpaired) electrons. The highest BCUT2D eigenvalue weighted by Gasteiger charge is 2.55. The first-order valence-corrected chi connectivity index (χ1v) is 27.1. The van der Waals surface area contributed by atoms with Crippen molar-refractivity contribution < 1.29 is 37.5 Å². The molecule has 3 aliphatic rings. The zero-order valence-corrected chi connectivity index (χ0v) is 41.1. The number of methoxy groups -OCH3 is 3. The van der Waals surface area contributed by atoms with Gasteiger partial charge in [-0.2, -0.15) is 0 Å². The molecule has 0 bridgehead atoms. The van der Waals surface area contributed by atoms with Crippen LogP contribution in [0.5, 0.6) is 11.5 Å². The van der Waals surface area contributed by atoms with E-state index in [4.69, 9.17) is 37.5 Å². The summed E-state index contributed by atoms with van der Waals surface area (Å²) in [6.07, 6.45) is -0.0708. The van der Waals surface area contributed by atoms with Crippen LogP contribution in [0.3, 0.4) is 0 Å². The van der Waals surface area contributed by atoms with E-state index in [1.165, 1.54) is 21.1 Å². The number of fused-ring (bicyclic) bond motifs is 1. The van der Waals surface area contributed by atoms with Gasteiger partial charge >= 0.3 is 5.69 Å². The van der Waals surface area contributed by atoms with E-state index in [9.17, 15) is 9.59 Å². The van der Waals surface area contributed by atoms with Gasteiger partial charge in [0.15, 0.2) is 6.23 Å². The minimum absolute atomic E-state index is 0.0155. The maximum atomic E-state index is 13.8. The van der Waals surface area contributed by atoms with Gasteiger partial charge in [-0.1, -0.05) is 132 Å². The molecule has 1 N–H and O–H groups in total. The van der Waals surface area contributed by atoms with Crippen LogP contribution in [-0.2, 0) is 33.6 Å². The summed E-state index contributed by atoms with van der Waals surface area (Å²) in [6, 6.07) is 48.5. The van der Waals surface area contributed by atoms with Gasteiger partial charge in [-0.15, -0.1) is 0 Å². The van der Waals surface area contributed by atoms with E-state index >= 15 is 0 Å². The largest absolute Gasteiger partial charge is 0.497 e. The number of aromatic nitrogens is 2. The second kappa shape index (κ2) is 21.2. The van der Waals surface area contributed by atoms with Crippen molar-refractivity contribution >= 4 is 27.0 Å². The van der Waals surface area contributed by atoms with Gasteiger partial charge in [-0.3, -0.25) is 14.3 Å². The van der Waals surface area contributed by atoms with Gasteiger partial charge in [-0.25, -0.2) is 9.46 Å². The highest BCUT2D eigenvalue weighted by Crippen LogP contribution is 2.59. The molecular formula is C53H60N3O10PSi. The van der Waals surface area contributed by atoms with E-state index in [-0.39, 0.29) is 32.0 Å². The van der Waals surface area contributed by atoms with Crippen molar-refractivity contribution in [2.75, 3.05) is 47.7 Å². The van der Waals surface area contributed by atoms with Crippen molar-refractivity contribution in [1.82, 2.24) is 14.2 Å². The topological polar surface area (TPSA) is 132 Å². The molecule has 0 spiro atoms. The number of hydrogen-bond acceptors (Lipinski definition) is 11. The van der Waals surface area contributed by atoms with Crippen molar-refractivity contribution in [1.29, 1.82) is 0 Å². The fourth-order valence-corrected chi connectivity index (χ4v) is 16.1. The number of ether oxygens (including phenoxy) is 6. The Hall–Kier alpha value is -5.25. The van der Waals surface area contributed by atoms with E-state index in [1.807, 2.05) is 78.9 Å². The van der Waals surface area contributed by atoms with Gasteiger partial charge < -0.3 is 37.5 Å². The standard InChI is InChI=1S/C53H60N3O10PSi/c1-37-34-55(52(58)54-50(37)57)51-49(62-33-32-59-2)48(66-67-56-31-15-22-45(56)47(65-67)36-68(5,43-18-11-7-12-19-43)44-20-13-8-14-21-44)46(64-51)35-63-53(38-16-9-6-10-17-38,39-23-27-41(60-3)28-24-39)40-25-29-42(61-4)30-26-40/h6-14,16-21,23-30,34,45-49,51H,15,22,31-33,35-36H2,1-5H3,(H,54,57,58)/t45-,46-,47+,48-,49-,51-,67-/m1/s1. The second-order valence-corrected chi connectivity index (χ2v) is 23.4. The lowest BCUT2D eigenvalue weighted by Crippen LogP contribution is -2.58. The summed E-state index contributed by atoms with van der Waals surface area (Å²) in [6.45, 7) is 5.37. The molecule has 7 atom stereocenters. The first kappa shape index (κ1) is 47.8. The number of rotatable bonds is 19. The lowest BCUT2D eigenvalue weighted by Gasteiger charge is -2.37. The molecule has 3 aliphatic heterocycles. The number of H-pyrrole nitrogens is 1. The Morgan fingerprint density at radius 3 is 1.88 bits per heavy atom. The number of benzene rings is 5. The lowest BCUT2D eigenvalue weighted by atomic mass is 9.80. The maximum Gasteiger partial charge on any atom is 0.330 e. The molecule has 3 saturated heterocycles. The van der Waals surface area contributed by atoms with Crippen LogP contribution < -0.4 is 31.1 Å². The minimum atomic E-state index is -2.33. The van der Waals surface area contributed by atoms with Gasteiger partial charge in [0.2, 0.25) is 0 Å². The lowest BCUT2D eigenvalue weighted by molar-refractivity contribution is -0.0991. The molecule has 13 nitrogen and oxygen atoms in total. The highest BCUT2D eigenvalue weighted by molar-refractivity contribution is 7.45. The Morgan fingerprint density at radius 2 is 1.31 bits per heavy atom. The molecule has 0 aliphatic carbocycles. The summed E-state index contributed by atoms with van der Waals surface area (Å²) in [4.78, 5) is 29.0. The third-order valence-corrected chi connectivity index (χ3v) is 19.9. The molecular weight excluding hydrogens is 898 g/mol. The van der Waals surface area contributed by atoms with E-state index in [0.29, 0.717) is 17.1 Å². The summed E-state index contributed by atoms with van der Waals surface area (Å²) in [5.41, 5.74) is 0.616.